The van der Waals surface area contributed by atoms with Gasteiger partial charge in [0, 0.05) is 43.8 Å². The van der Waals surface area contributed by atoms with Crippen molar-refractivity contribution >= 4 is 24.1 Å². The average molecular weight is 534 g/mol. The highest BCUT2D eigenvalue weighted by Crippen LogP contribution is 2.28. The van der Waals surface area contributed by atoms with Crippen molar-refractivity contribution in [3.8, 4) is 5.75 Å². The average Bonchev–Trinajstić information content (AvgIpc) is 3.44. The Balaban J connectivity index is 1.40. The van der Waals surface area contributed by atoms with Crippen LogP contribution in [0.1, 0.15) is 36.4 Å². The van der Waals surface area contributed by atoms with Gasteiger partial charge in [-0.15, -0.1) is 0 Å². The molecule has 3 N–H and O–H groups in total. The Morgan fingerprint density at radius 1 is 1.28 bits per heavy atom. The molecule has 1 saturated heterocycles. The Kier molecular flexibility index (Phi) is 9.06. The second-order valence-electron chi connectivity index (χ2n) is 9.39. The third-order valence-electron chi connectivity index (χ3n) is 6.70. The molecule has 0 saturated carbocycles. The number of carbonyl (C=O) groups excluding carboxylic acids is 3. The van der Waals surface area contributed by atoms with E-state index in [1.54, 1.807) is 37.7 Å². The number of carboxylic acids is 1. The topological polar surface area (TPSA) is 141 Å². The molecule has 0 spiro atoms. The van der Waals surface area contributed by atoms with Crippen molar-refractivity contribution in [1.29, 1.82) is 0 Å². The summed E-state index contributed by atoms with van der Waals surface area (Å²) in [6.45, 7) is 1.27. The van der Waals surface area contributed by atoms with Gasteiger partial charge in [0.05, 0.1) is 37.6 Å². The van der Waals surface area contributed by atoms with Crippen LogP contribution in [0.4, 0.5) is 0 Å². The number of likely N-dealkylation sites (tertiary alicyclic amines) is 1. The molecule has 2 unspecified atom stereocenters. The lowest BCUT2D eigenvalue weighted by atomic mass is 10.0. The molecule has 39 heavy (non-hydrogen) atoms. The Bertz CT molecular complexity index is 1280. The zero-order valence-electron chi connectivity index (χ0n) is 21.6. The van der Waals surface area contributed by atoms with E-state index in [1.807, 2.05) is 29.2 Å². The Labute approximate surface area is 226 Å². The fourth-order valence-electron chi connectivity index (χ4n) is 4.68. The summed E-state index contributed by atoms with van der Waals surface area (Å²) in [6.07, 6.45) is 7.39. The largest absolute Gasteiger partial charge is 0.497 e. The summed E-state index contributed by atoms with van der Waals surface area (Å²) in [4.78, 5) is 54.9. The van der Waals surface area contributed by atoms with Gasteiger partial charge in [0.2, 0.25) is 12.3 Å². The molecule has 1 aliphatic carbocycles. The second-order valence-corrected chi connectivity index (χ2v) is 9.39. The number of aliphatic carboxylic acids is 1. The first-order valence-corrected chi connectivity index (χ1v) is 12.6. The number of carbonyl (C=O) groups is 4. The minimum absolute atomic E-state index is 0.150. The van der Waals surface area contributed by atoms with Gasteiger partial charge in [-0.3, -0.25) is 24.2 Å². The van der Waals surface area contributed by atoms with Crippen molar-refractivity contribution in [1.82, 2.24) is 25.6 Å². The number of hydrazine groups is 1. The highest BCUT2D eigenvalue weighted by Gasteiger charge is 2.32. The monoisotopic (exact) mass is 533 g/mol. The number of amides is 2. The summed E-state index contributed by atoms with van der Waals surface area (Å²) >= 11 is 0. The van der Waals surface area contributed by atoms with Crippen LogP contribution in [0.25, 0.3) is 0 Å². The molecule has 1 aromatic heterocycles. The fourth-order valence-corrected chi connectivity index (χ4v) is 4.68. The number of ketones is 1. The van der Waals surface area contributed by atoms with Gasteiger partial charge in [-0.1, -0.05) is 18.2 Å². The molecule has 1 aliphatic heterocycles. The molecular weight excluding hydrogens is 502 g/mol. The number of hydrogen-bond acceptors (Lipinski definition) is 8. The minimum atomic E-state index is -1.03. The molecule has 2 aromatic rings. The van der Waals surface area contributed by atoms with Crippen LogP contribution in [0, 0.1) is 5.92 Å². The number of methoxy groups -OCH3 is 1. The SMILES string of the molecule is COc1cccc(CNN(C=O)C2=CC(=O)CC(N3CCC(C(=O)NC(CC(=O)O)c4cccnc4)C3)=C2)c1. The van der Waals surface area contributed by atoms with Crippen LogP contribution < -0.4 is 15.5 Å². The molecule has 2 atom stereocenters. The van der Waals surface area contributed by atoms with E-state index in [9.17, 15) is 24.3 Å². The summed E-state index contributed by atoms with van der Waals surface area (Å²) < 4.78 is 5.24. The summed E-state index contributed by atoms with van der Waals surface area (Å²) in [5.41, 5.74) is 5.67. The molecule has 2 aliphatic rings. The van der Waals surface area contributed by atoms with Crippen molar-refractivity contribution in [2.24, 2.45) is 5.92 Å². The molecule has 1 aromatic carbocycles. The number of ether oxygens (including phenoxy) is 1. The molecule has 2 heterocycles. The number of benzene rings is 1. The predicted octanol–water partition coefficient (Wildman–Crippen LogP) is 1.95. The number of allylic oxidation sites excluding steroid dienone is 3. The van der Waals surface area contributed by atoms with Gasteiger partial charge in [0.25, 0.3) is 0 Å². The van der Waals surface area contributed by atoms with Gasteiger partial charge in [-0.2, -0.15) is 0 Å². The van der Waals surface area contributed by atoms with Crippen molar-refractivity contribution in [3.63, 3.8) is 0 Å². The Morgan fingerprint density at radius 2 is 2.13 bits per heavy atom. The molecular formula is C28H31N5O6. The number of nitrogens with one attached hydrogen (secondary N) is 2. The number of hydrogen-bond donors (Lipinski definition) is 3. The molecule has 4 rings (SSSR count). The molecule has 0 radical (unpaired) electrons. The molecule has 1 fully saturated rings. The van der Waals surface area contributed by atoms with E-state index in [1.165, 1.54) is 11.1 Å². The van der Waals surface area contributed by atoms with Crippen molar-refractivity contribution in [2.45, 2.75) is 31.8 Å². The van der Waals surface area contributed by atoms with Gasteiger partial charge in [-0.25, -0.2) is 10.4 Å². The maximum Gasteiger partial charge on any atom is 0.305 e. The zero-order chi connectivity index (χ0) is 27.8. The Morgan fingerprint density at radius 3 is 2.85 bits per heavy atom. The number of nitrogens with zero attached hydrogens (tertiary/aromatic N) is 3. The van der Waals surface area contributed by atoms with Crippen LogP contribution in [0.2, 0.25) is 0 Å². The van der Waals surface area contributed by atoms with Gasteiger partial charge in [-0.05, 0) is 41.8 Å². The molecule has 11 heteroatoms. The quantitative estimate of drug-likeness (QED) is 0.276. The number of pyridine rings is 1. The van der Waals surface area contributed by atoms with E-state index in [0.717, 1.165) is 11.3 Å². The first-order chi connectivity index (χ1) is 18.9. The van der Waals surface area contributed by atoms with E-state index >= 15 is 0 Å². The third-order valence-corrected chi connectivity index (χ3v) is 6.70. The lowest BCUT2D eigenvalue weighted by Crippen LogP contribution is -2.38. The van der Waals surface area contributed by atoms with E-state index in [4.69, 9.17) is 4.74 Å². The van der Waals surface area contributed by atoms with Crippen LogP contribution in [-0.2, 0) is 25.7 Å². The highest BCUT2D eigenvalue weighted by atomic mass is 16.5. The third kappa shape index (κ3) is 7.29. The Hall–Kier alpha value is -4.51. The lowest BCUT2D eigenvalue weighted by molar-refractivity contribution is -0.138. The molecule has 2 amide bonds. The van der Waals surface area contributed by atoms with Gasteiger partial charge >= 0.3 is 5.97 Å². The highest BCUT2D eigenvalue weighted by molar-refractivity contribution is 5.94. The molecule has 11 nitrogen and oxygen atoms in total. The lowest BCUT2D eigenvalue weighted by Gasteiger charge is -2.28. The normalized spacial score (nSPS) is 17.6. The van der Waals surface area contributed by atoms with Crippen LogP contribution in [-0.4, -0.2) is 64.3 Å². The fraction of sp³-hybridized carbons (Fsp3) is 0.321. The first kappa shape index (κ1) is 27.5. The second kappa shape index (κ2) is 12.8. The number of carboxylic acid groups (broad SMARTS) is 1. The first-order valence-electron chi connectivity index (χ1n) is 12.6. The number of rotatable bonds is 12. The van der Waals surface area contributed by atoms with Crippen molar-refractivity contribution < 1.29 is 29.0 Å². The van der Waals surface area contributed by atoms with Gasteiger partial charge < -0.3 is 20.1 Å². The smallest absolute Gasteiger partial charge is 0.305 e. The van der Waals surface area contributed by atoms with E-state index in [-0.39, 0.29) is 30.4 Å². The summed E-state index contributed by atoms with van der Waals surface area (Å²) in [6, 6.07) is 10.2. The predicted molar refractivity (Wildman–Crippen MR) is 141 cm³/mol. The minimum Gasteiger partial charge on any atom is -0.497 e. The maximum absolute atomic E-state index is 13.1. The maximum atomic E-state index is 13.1. The van der Waals surface area contributed by atoms with Gasteiger partial charge in [0.15, 0.2) is 5.78 Å². The van der Waals surface area contributed by atoms with Crippen LogP contribution >= 0.6 is 0 Å². The molecule has 0 bridgehead atoms. The summed E-state index contributed by atoms with van der Waals surface area (Å²) in [7, 11) is 1.58. The van der Waals surface area contributed by atoms with Crippen LogP contribution in [0.15, 0.2) is 72.3 Å². The van der Waals surface area contributed by atoms with Crippen molar-refractivity contribution in [3.05, 3.63) is 83.5 Å². The van der Waals surface area contributed by atoms with E-state index in [2.05, 4.69) is 15.7 Å². The van der Waals surface area contributed by atoms with Gasteiger partial charge in [0.1, 0.15) is 5.75 Å². The van der Waals surface area contributed by atoms with Crippen molar-refractivity contribution in [2.75, 3.05) is 20.2 Å². The van der Waals surface area contributed by atoms with Crippen LogP contribution in [0.3, 0.4) is 0 Å². The number of aromatic nitrogens is 1. The molecule has 204 valence electrons. The zero-order valence-corrected chi connectivity index (χ0v) is 21.6. The standard InChI is InChI=1S/C28H31N5O6/c1-39-25-6-2-4-19(10-25)15-30-33(18-34)23-11-22(12-24(35)13-23)32-9-7-21(17-32)28(38)31-26(14-27(36)37)20-5-3-8-29-16-20/h2-6,8,10-11,13,16,18,21,26,30H,7,9,12,14-15,17H2,1H3,(H,31,38)(H,36,37). The summed E-state index contributed by atoms with van der Waals surface area (Å²) in [5.74, 6) is -1.11. The van der Waals surface area contributed by atoms with Crippen LogP contribution in [0.5, 0.6) is 5.75 Å². The summed E-state index contributed by atoms with van der Waals surface area (Å²) in [5, 5.41) is 13.4. The van der Waals surface area contributed by atoms with E-state index in [0.29, 0.717) is 49.5 Å². The van der Waals surface area contributed by atoms with E-state index < -0.39 is 12.0 Å².